The van der Waals surface area contributed by atoms with Crippen molar-refractivity contribution in [3.05, 3.63) is 35.4 Å². The molecule has 0 aliphatic heterocycles. The molecule has 1 unspecified atom stereocenters. The molecule has 96 valence electrons. The second-order valence-corrected chi connectivity index (χ2v) is 4.46. The average Bonchev–Trinajstić information content (AvgIpc) is 2.36. The Morgan fingerprint density at radius 3 is 3.00 bits per heavy atom. The number of benzene rings is 1. The van der Waals surface area contributed by atoms with Gasteiger partial charge >= 0.3 is 0 Å². The molecule has 18 heavy (non-hydrogen) atoms. The number of nitrogens with two attached hydrogens (primary N) is 1. The van der Waals surface area contributed by atoms with Crippen molar-refractivity contribution < 1.29 is 4.79 Å². The monoisotopic (exact) mass is 245 g/mol. The van der Waals surface area contributed by atoms with Crippen molar-refractivity contribution in [1.29, 1.82) is 5.26 Å². The Labute approximate surface area is 108 Å². The first-order valence-electron chi connectivity index (χ1n) is 6.13. The third kappa shape index (κ3) is 5.46. The van der Waals surface area contributed by atoms with Gasteiger partial charge in [-0.05, 0) is 37.5 Å². The molecule has 0 radical (unpaired) electrons. The predicted molar refractivity (Wildman–Crippen MR) is 70.5 cm³/mol. The number of nitrogens with zero attached hydrogens (tertiary/aromatic N) is 1. The molecule has 1 aromatic carbocycles. The Morgan fingerprint density at radius 1 is 1.56 bits per heavy atom. The van der Waals surface area contributed by atoms with Gasteiger partial charge in [0, 0.05) is 19.0 Å². The lowest BCUT2D eigenvalue weighted by Crippen LogP contribution is -2.23. The van der Waals surface area contributed by atoms with E-state index in [1.54, 1.807) is 12.1 Å². The first-order valence-corrected chi connectivity index (χ1v) is 6.13. The number of carbonyl (C=O) groups excluding carboxylic acids is 1. The van der Waals surface area contributed by atoms with Gasteiger partial charge in [-0.2, -0.15) is 5.26 Å². The summed E-state index contributed by atoms with van der Waals surface area (Å²) in [5.41, 5.74) is 7.16. The van der Waals surface area contributed by atoms with Crippen LogP contribution in [0.2, 0.25) is 0 Å². The predicted octanol–water partition coefficient (Wildman–Crippen LogP) is 1.69. The minimum atomic E-state index is 0.0259. The third-order valence-corrected chi connectivity index (χ3v) is 2.61. The van der Waals surface area contributed by atoms with Gasteiger partial charge in [-0.15, -0.1) is 0 Å². The maximum atomic E-state index is 11.5. The highest BCUT2D eigenvalue weighted by Crippen LogP contribution is 2.04. The second kappa shape index (κ2) is 7.46. The van der Waals surface area contributed by atoms with Gasteiger partial charge in [0.2, 0.25) is 5.91 Å². The highest BCUT2D eigenvalue weighted by Gasteiger charge is 2.03. The minimum Gasteiger partial charge on any atom is -0.352 e. The van der Waals surface area contributed by atoms with E-state index < -0.39 is 0 Å². The zero-order chi connectivity index (χ0) is 13.4. The fourth-order valence-electron chi connectivity index (χ4n) is 1.62. The van der Waals surface area contributed by atoms with E-state index in [-0.39, 0.29) is 11.9 Å². The SMILES string of the molecule is CC(N)CCCC(=O)NCc1cccc(C#N)c1. The molecule has 0 saturated carbocycles. The zero-order valence-electron chi connectivity index (χ0n) is 10.6. The lowest BCUT2D eigenvalue weighted by molar-refractivity contribution is -0.121. The average molecular weight is 245 g/mol. The summed E-state index contributed by atoms with van der Waals surface area (Å²) in [6.45, 7) is 2.40. The first-order chi connectivity index (χ1) is 8.61. The molecule has 4 nitrogen and oxygen atoms in total. The van der Waals surface area contributed by atoms with Crippen LogP contribution in [-0.2, 0) is 11.3 Å². The van der Waals surface area contributed by atoms with Gasteiger partial charge in [-0.3, -0.25) is 4.79 Å². The zero-order valence-corrected chi connectivity index (χ0v) is 10.6. The van der Waals surface area contributed by atoms with E-state index in [0.717, 1.165) is 18.4 Å². The van der Waals surface area contributed by atoms with Gasteiger partial charge in [0.15, 0.2) is 0 Å². The van der Waals surface area contributed by atoms with Gasteiger partial charge in [-0.1, -0.05) is 12.1 Å². The molecular weight excluding hydrogens is 226 g/mol. The van der Waals surface area contributed by atoms with Crippen molar-refractivity contribution >= 4 is 5.91 Å². The Bertz CT molecular complexity index is 435. The van der Waals surface area contributed by atoms with E-state index in [0.29, 0.717) is 18.5 Å². The number of amides is 1. The normalized spacial score (nSPS) is 11.6. The summed E-state index contributed by atoms with van der Waals surface area (Å²) in [6, 6.07) is 9.45. The Morgan fingerprint density at radius 2 is 2.33 bits per heavy atom. The molecule has 0 saturated heterocycles. The molecule has 3 N–H and O–H groups in total. The molecule has 1 atom stereocenters. The Balaban J connectivity index is 2.31. The molecule has 0 bridgehead atoms. The molecular formula is C14H19N3O. The van der Waals surface area contributed by atoms with Crippen LogP contribution in [0.1, 0.15) is 37.3 Å². The van der Waals surface area contributed by atoms with E-state index in [2.05, 4.69) is 11.4 Å². The van der Waals surface area contributed by atoms with Crippen molar-refractivity contribution in [2.24, 2.45) is 5.73 Å². The van der Waals surface area contributed by atoms with Gasteiger partial charge in [0.05, 0.1) is 11.6 Å². The van der Waals surface area contributed by atoms with Crippen LogP contribution in [0.5, 0.6) is 0 Å². The van der Waals surface area contributed by atoms with Crippen LogP contribution in [0.3, 0.4) is 0 Å². The maximum Gasteiger partial charge on any atom is 0.220 e. The number of hydrogen-bond acceptors (Lipinski definition) is 3. The van der Waals surface area contributed by atoms with E-state index in [1.807, 2.05) is 19.1 Å². The van der Waals surface area contributed by atoms with Gasteiger partial charge in [-0.25, -0.2) is 0 Å². The summed E-state index contributed by atoms with van der Waals surface area (Å²) in [7, 11) is 0. The van der Waals surface area contributed by atoms with Crippen molar-refractivity contribution in [2.75, 3.05) is 0 Å². The number of rotatable bonds is 6. The summed E-state index contributed by atoms with van der Waals surface area (Å²) in [6.07, 6.45) is 2.17. The topological polar surface area (TPSA) is 78.9 Å². The Kier molecular flexibility index (Phi) is 5.89. The summed E-state index contributed by atoms with van der Waals surface area (Å²) in [5, 5.41) is 11.6. The third-order valence-electron chi connectivity index (χ3n) is 2.61. The van der Waals surface area contributed by atoms with Gasteiger partial charge in [0.25, 0.3) is 0 Å². The molecule has 0 fully saturated rings. The summed E-state index contributed by atoms with van der Waals surface area (Å²) >= 11 is 0. The lowest BCUT2D eigenvalue weighted by atomic mass is 10.1. The van der Waals surface area contributed by atoms with Gasteiger partial charge in [0.1, 0.15) is 0 Å². The highest BCUT2D eigenvalue weighted by molar-refractivity contribution is 5.75. The van der Waals surface area contributed by atoms with Crippen LogP contribution >= 0.6 is 0 Å². The van der Waals surface area contributed by atoms with Crippen LogP contribution in [0.25, 0.3) is 0 Å². The molecule has 1 aromatic rings. The number of nitrogens with one attached hydrogen (secondary N) is 1. The van der Waals surface area contributed by atoms with E-state index >= 15 is 0 Å². The number of nitriles is 1. The van der Waals surface area contributed by atoms with Crippen molar-refractivity contribution in [1.82, 2.24) is 5.32 Å². The standard InChI is InChI=1S/C14H19N3O/c1-11(16)4-2-7-14(18)17-10-13-6-3-5-12(8-13)9-15/h3,5-6,8,11H,2,4,7,10,16H2,1H3,(H,17,18). The molecule has 0 spiro atoms. The minimum absolute atomic E-state index is 0.0259. The van der Waals surface area contributed by atoms with Crippen LogP contribution in [0, 0.1) is 11.3 Å². The molecule has 0 aliphatic carbocycles. The van der Waals surface area contributed by atoms with E-state index in [9.17, 15) is 4.79 Å². The molecule has 0 aromatic heterocycles. The fourth-order valence-corrected chi connectivity index (χ4v) is 1.62. The quantitative estimate of drug-likeness (QED) is 0.800. The summed E-state index contributed by atoms with van der Waals surface area (Å²) in [5.74, 6) is 0.0259. The fraction of sp³-hybridized carbons (Fsp3) is 0.429. The van der Waals surface area contributed by atoms with Gasteiger partial charge < -0.3 is 11.1 Å². The van der Waals surface area contributed by atoms with Crippen LogP contribution in [-0.4, -0.2) is 11.9 Å². The number of hydrogen-bond donors (Lipinski definition) is 2. The number of carbonyl (C=O) groups is 1. The Hall–Kier alpha value is -1.86. The van der Waals surface area contributed by atoms with Crippen LogP contribution in [0.4, 0.5) is 0 Å². The molecule has 1 amide bonds. The van der Waals surface area contributed by atoms with Crippen molar-refractivity contribution in [3.63, 3.8) is 0 Å². The smallest absolute Gasteiger partial charge is 0.220 e. The lowest BCUT2D eigenvalue weighted by Gasteiger charge is -2.07. The first kappa shape index (κ1) is 14.2. The molecule has 4 heteroatoms. The van der Waals surface area contributed by atoms with E-state index in [1.165, 1.54) is 0 Å². The van der Waals surface area contributed by atoms with Crippen molar-refractivity contribution in [3.8, 4) is 6.07 Å². The molecule has 0 heterocycles. The summed E-state index contributed by atoms with van der Waals surface area (Å²) in [4.78, 5) is 11.5. The largest absolute Gasteiger partial charge is 0.352 e. The maximum absolute atomic E-state index is 11.5. The van der Waals surface area contributed by atoms with Crippen LogP contribution in [0.15, 0.2) is 24.3 Å². The van der Waals surface area contributed by atoms with Crippen molar-refractivity contribution in [2.45, 2.75) is 38.8 Å². The molecule has 0 aliphatic rings. The molecule has 1 rings (SSSR count). The highest BCUT2D eigenvalue weighted by atomic mass is 16.1. The summed E-state index contributed by atoms with van der Waals surface area (Å²) < 4.78 is 0. The van der Waals surface area contributed by atoms with E-state index in [4.69, 9.17) is 11.0 Å². The van der Waals surface area contributed by atoms with Crippen LogP contribution < -0.4 is 11.1 Å². The second-order valence-electron chi connectivity index (χ2n) is 4.46.